The maximum absolute atomic E-state index is 11.5. The summed E-state index contributed by atoms with van der Waals surface area (Å²) in [6, 6.07) is 0. The van der Waals surface area contributed by atoms with Gasteiger partial charge in [0.05, 0.1) is 11.2 Å². The summed E-state index contributed by atoms with van der Waals surface area (Å²) in [5, 5.41) is 9.43. The molecule has 0 amide bonds. The molecular weight excluding hydrogens is 248 g/mol. The zero-order valence-electron chi connectivity index (χ0n) is 11.0. The second-order valence-electron chi connectivity index (χ2n) is 5.13. The highest BCUT2D eigenvalue weighted by molar-refractivity contribution is 7.09. The number of likely N-dealkylation sites (tertiary alicyclic amines) is 1. The quantitative estimate of drug-likeness (QED) is 0.910. The van der Waals surface area contributed by atoms with Gasteiger partial charge in [-0.05, 0) is 46.1 Å². The van der Waals surface area contributed by atoms with Gasteiger partial charge >= 0.3 is 5.97 Å². The molecule has 0 radical (unpaired) electrons. The van der Waals surface area contributed by atoms with Crippen molar-refractivity contribution in [1.82, 2.24) is 9.88 Å². The summed E-state index contributed by atoms with van der Waals surface area (Å²) >= 11 is 1.66. The van der Waals surface area contributed by atoms with Crippen LogP contribution in [0, 0.1) is 6.92 Å². The summed E-state index contributed by atoms with van der Waals surface area (Å²) in [6.45, 7) is 5.57. The van der Waals surface area contributed by atoms with Gasteiger partial charge in [-0.25, -0.2) is 4.98 Å². The predicted molar refractivity (Wildman–Crippen MR) is 72.0 cm³/mol. The third-order valence-corrected chi connectivity index (χ3v) is 4.95. The van der Waals surface area contributed by atoms with Crippen LogP contribution in [0.1, 0.15) is 36.8 Å². The van der Waals surface area contributed by atoms with Gasteiger partial charge in [-0.15, -0.1) is 11.3 Å². The van der Waals surface area contributed by atoms with Crippen molar-refractivity contribution in [2.24, 2.45) is 0 Å². The van der Waals surface area contributed by atoms with Crippen LogP contribution >= 0.6 is 11.3 Å². The number of carboxylic acid groups (broad SMARTS) is 1. The van der Waals surface area contributed by atoms with E-state index in [4.69, 9.17) is 0 Å². The number of aromatic nitrogens is 1. The van der Waals surface area contributed by atoms with E-state index < -0.39 is 11.5 Å². The minimum atomic E-state index is -0.691. The molecule has 1 unspecified atom stereocenters. The molecule has 100 valence electrons. The van der Waals surface area contributed by atoms with Gasteiger partial charge in [-0.2, -0.15) is 0 Å². The average molecular weight is 268 g/mol. The Morgan fingerprint density at radius 3 is 3.00 bits per heavy atom. The molecular formula is C13H20N2O2S. The molecule has 2 rings (SSSR count). The van der Waals surface area contributed by atoms with Crippen molar-refractivity contribution in [2.75, 3.05) is 13.1 Å². The maximum atomic E-state index is 11.5. The van der Waals surface area contributed by atoms with Crippen LogP contribution in [0.4, 0.5) is 0 Å². The number of aryl methyl sites for hydroxylation is 1. The normalized spacial score (nSPS) is 25.2. The molecule has 1 N–H and O–H groups in total. The minimum Gasteiger partial charge on any atom is -0.480 e. The van der Waals surface area contributed by atoms with Crippen molar-refractivity contribution < 1.29 is 9.90 Å². The Bertz CT molecular complexity index is 432. The lowest BCUT2D eigenvalue weighted by molar-refractivity contribution is -0.152. The molecule has 1 saturated heterocycles. The minimum absolute atomic E-state index is 0.684. The van der Waals surface area contributed by atoms with Gasteiger partial charge in [0.15, 0.2) is 0 Å². The molecule has 5 heteroatoms. The van der Waals surface area contributed by atoms with Crippen molar-refractivity contribution in [1.29, 1.82) is 0 Å². The summed E-state index contributed by atoms with van der Waals surface area (Å²) in [5.41, 5.74) is 2.25. The summed E-state index contributed by atoms with van der Waals surface area (Å²) in [6.07, 6.45) is 3.77. The van der Waals surface area contributed by atoms with Gasteiger partial charge in [-0.3, -0.25) is 9.69 Å². The van der Waals surface area contributed by atoms with Crippen molar-refractivity contribution in [2.45, 2.75) is 45.1 Å². The van der Waals surface area contributed by atoms with E-state index >= 15 is 0 Å². The second-order valence-corrected chi connectivity index (χ2v) is 6.07. The van der Waals surface area contributed by atoms with E-state index in [1.807, 2.05) is 19.4 Å². The van der Waals surface area contributed by atoms with Crippen molar-refractivity contribution >= 4 is 17.3 Å². The molecule has 0 saturated carbocycles. The average Bonchev–Trinajstić information content (AvgIpc) is 2.74. The molecule has 18 heavy (non-hydrogen) atoms. The number of thiazole rings is 1. The van der Waals surface area contributed by atoms with E-state index in [0.29, 0.717) is 0 Å². The Labute approximate surface area is 112 Å². The topological polar surface area (TPSA) is 53.4 Å². The number of hydrogen-bond acceptors (Lipinski definition) is 4. The fourth-order valence-electron chi connectivity index (χ4n) is 2.58. The van der Waals surface area contributed by atoms with E-state index in [2.05, 4.69) is 9.88 Å². The SMILES string of the molecule is Cc1ncsc1CCN1CCCCC1(C)C(=O)O. The van der Waals surface area contributed by atoms with Crippen LogP contribution in [0.15, 0.2) is 5.51 Å². The molecule has 1 fully saturated rings. The molecule has 0 bridgehead atoms. The van der Waals surface area contributed by atoms with E-state index in [-0.39, 0.29) is 0 Å². The molecule has 1 aliphatic heterocycles. The third kappa shape index (κ3) is 2.57. The fraction of sp³-hybridized carbons (Fsp3) is 0.692. The van der Waals surface area contributed by atoms with Crippen LogP contribution in [0.3, 0.4) is 0 Å². The molecule has 0 aliphatic carbocycles. The largest absolute Gasteiger partial charge is 0.480 e. The molecule has 1 aromatic heterocycles. The highest BCUT2D eigenvalue weighted by atomic mass is 32.1. The standard InChI is InChI=1S/C13H20N2O2S/c1-10-11(18-9-14-10)5-8-15-7-4-3-6-13(15,2)12(16)17/h9H,3-8H2,1-2H3,(H,16,17). The Morgan fingerprint density at radius 2 is 2.39 bits per heavy atom. The van der Waals surface area contributed by atoms with Gasteiger partial charge in [0.1, 0.15) is 5.54 Å². The van der Waals surface area contributed by atoms with Crippen LogP contribution in [0.2, 0.25) is 0 Å². The summed E-state index contributed by atoms with van der Waals surface area (Å²) in [5.74, 6) is -0.691. The van der Waals surface area contributed by atoms with Gasteiger partial charge in [0.2, 0.25) is 0 Å². The van der Waals surface area contributed by atoms with Crippen LogP contribution < -0.4 is 0 Å². The number of carboxylic acids is 1. The number of piperidine rings is 1. The van der Waals surface area contributed by atoms with Crippen LogP contribution in [-0.4, -0.2) is 39.6 Å². The number of hydrogen-bond donors (Lipinski definition) is 1. The molecule has 2 heterocycles. The van der Waals surface area contributed by atoms with E-state index in [1.165, 1.54) is 4.88 Å². The Kier molecular flexibility index (Phi) is 4.02. The fourth-order valence-corrected chi connectivity index (χ4v) is 3.35. The van der Waals surface area contributed by atoms with Crippen molar-refractivity contribution in [3.63, 3.8) is 0 Å². The second kappa shape index (κ2) is 5.36. The van der Waals surface area contributed by atoms with Gasteiger partial charge < -0.3 is 5.11 Å². The third-order valence-electron chi connectivity index (χ3n) is 3.95. The van der Waals surface area contributed by atoms with Crippen molar-refractivity contribution in [3.05, 3.63) is 16.1 Å². The molecule has 1 aromatic rings. The maximum Gasteiger partial charge on any atom is 0.323 e. The number of rotatable bonds is 4. The van der Waals surface area contributed by atoms with Gasteiger partial charge in [-0.1, -0.05) is 0 Å². The molecule has 1 aliphatic rings. The molecule has 1 atom stereocenters. The highest BCUT2D eigenvalue weighted by Gasteiger charge is 2.40. The first-order valence-corrected chi connectivity index (χ1v) is 7.29. The molecule has 0 aromatic carbocycles. The van der Waals surface area contributed by atoms with Gasteiger partial charge in [0.25, 0.3) is 0 Å². The van der Waals surface area contributed by atoms with Gasteiger partial charge in [0, 0.05) is 11.4 Å². The Morgan fingerprint density at radius 1 is 1.61 bits per heavy atom. The number of nitrogens with zero attached hydrogens (tertiary/aromatic N) is 2. The molecule has 4 nitrogen and oxygen atoms in total. The Hall–Kier alpha value is -0.940. The smallest absolute Gasteiger partial charge is 0.323 e. The highest BCUT2D eigenvalue weighted by Crippen LogP contribution is 2.28. The lowest BCUT2D eigenvalue weighted by Gasteiger charge is -2.41. The first-order valence-electron chi connectivity index (χ1n) is 6.41. The summed E-state index contributed by atoms with van der Waals surface area (Å²) < 4.78 is 0. The Balaban J connectivity index is 2.02. The first-order chi connectivity index (χ1) is 8.54. The zero-order chi connectivity index (χ0) is 13.2. The monoisotopic (exact) mass is 268 g/mol. The van der Waals surface area contributed by atoms with E-state index in [1.54, 1.807) is 11.3 Å². The number of aliphatic carboxylic acids is 1. The molecule has 0 spiro atoms. The summed E-state index contributed by atoms with van der Waals surface area (Å²) in [7, 11) is 0. The first kappa shape index (κ1) is 13.5. The lowest BCUT2D eigenvalue weighted by Crippen LogP contribution is -2.55. The zero-order valence-corrected chi connectivity index (χ0v) is 11.8. The van der Waals surface area contributed by atoms with Crippen LogP contribution in [-0.2, 0) is 11.2 Å². The lowest BCUT2D eigenvalue weighted by atomic mass is 9.88. The van der Waals surface area contributed by atoms with Crippen LogP contribution in [0.5, 0.6) is 0 Å². The predicted octanol–water partition coefficient (Wildman–Crippen LogP) is 2.32. The van der Waals surface area contributed by atoms with E-state index in [0.717, 1.165) is 44.5 Å². The summed E-state index contributed by atoms with van der Waals surface area (Å²) in [4.78, 5) is 19.1. The van der Waals surface area contributed by atoms with Crippen LogP contribution in [0.25, 0.3) is 0 Å². The van der Waals surface area contributed by atoms with Crippen molar-refractivity contribution in [3.8, 4) is 0 Å². The number of carbonyl (C=O) groups is 1. The van der Waals surface area contributed by atoms with E-state index in [9.17, 15) is 9.90 Å².